The van der Waals surface area contributed by atoms with Gasteiger partial charge in [-0.25, -0.2) is 0 Å². The summed E-state index contributed by atoms with van der Waals surface area (Å²) in [5.41, 5.74) is 1.37. The van der Waals surface area contributed by atoms with Crippen LogP contribution in [0.5, 0.6) is 0 Å². The van der Waals surface area contributed by atoms with Gasteiger partial charge in [0, 0.05) is 0 Å². The lowest BCUT2D eigenvalue weighted by atomic mass is 9.92. The second kappa shape index (κ2) is 4.29. The first-order valence-electron chi connectivity index (χ1n) is 3.33. The molecule has 0 heterocycles. The smallest absolute Gasteiger partial charge is 0.0517 e. The van der Waals surface area contributed by atoms with E-state index in [0.29, 0.717) is 5.41 Å². The molecule has 56 valence electrons. The van der Waals surface area contributed by atoms with Crippen molar-refractivity contribution in [3.8, 4) is 0 Å². The van der Waals surface area contributed by atoms with Crippen LogP contribution in [-0.4, -0.2) is 12.0 Å². The van der Waals surface area contributed by atoms with Gasteiger partial charge in [0.15, 0.2) is 0 Å². The molecule has 0 fully saturated rings. The van der Waals surface area contributed by atoms with Gasteiger partial charge in [0.1, 0.15) is 0 Å². The van der Waals surface area contributed by atoms with E-state index in [1.165, 1.54) is 6.42 Å². The molecular weight excluding hydrogens is 178 g/mol. The topological polar surface area (TPSA) is 12.0 Å². The Balaban J connectivity index is 3.07. The van der Waals surface area contributed by atoms with Gasteiger partial charge in [0.2, 0.25) is 0 Å². The molecular formula is C7H16BrN. The van der Waals surface area contributed by atoms with Crippen LogP contribution in [0.2, 0.25) is 0 Å². The summed E-state index contributed by atoms with van der Waals surface area (Å²) in [5, 5.41) is 3.22. The summed E-state index contributed by atoms with van der Waals surface area (Å²) in [6.45, 7) is 7.86. The second-order valence-electron chi connectivity index (χ2n) is 3.44. The van der Waals surface area contributed by atoms with E-state index < -0.39 is 0 Å². The molecule has 0 atom stereocenters. The third kappa shape index (κ3) is 8.44. The minimum atomic E-state index is 0.467. The maximum Gasteiger partial charge on any atom is 0.0517 e. The van der Waals surface area contributed by atoms with Gasteiger partial charge in [-0.1, -0.05) is 36.7 Å². The van der Waals surface area contributed by atoms with Crippen LogP contribution < -0.4 is 5.32 Å². The van der Waals surface area contributed by atoms with Crippen LogP contribution in [0, 0.1) is 5.41 Å². The fourth-order valence-corrected chi connectivity index (χ4v) is 0.811. The Morgan fingerprint density at radius 2 is 1.89 bits per heavy atom. The zero-order chi connectivity index (χ0) is 7.33. The molecule has 0 aliphatic rings. The zero-order valence-electron chi connectivity index (χ0n) is 6.50. The van der Waals surface area contributed by atoms with E-state index in [1.54, 1.807) is 0 Å². The maximum atomic E-state index is 3.31. The van der Waals surface area contributed by atoms with Gasteiger partial charge in [-0.05, 0) is 18.4 Å². The molecule has 0 aromatic rings. The summed E-state index contributed by atoms with van der Waals surface area (Å²) in [5.74, 6) is 0. The molecule has 1 nitrogen and oxygen atoms in total. The molecule has 0 saturated carbocycles. The van der Waals surface area contributed by atoms with Crippen molar-refractivity contribution in [2.45, 2.75) is 27.2 Å². The third-order valence-electron chi connectivity index (χ3n) is 1.15. The van der Waals surface area contributed by atoms with Crippen molar-refractivity contribution in [2.24, 2.45) is 5.41 Å². The van der Waals surface area contributed by atoms with Crippen LogP contribution in [0.15, 0.2) is 0 Å². The summed E-state index contributed by atoms with van der Waals surface area (Å²) in [4.78, 5) is 0. The van der Waals surface area contributed by atoms with Crippen molar-refractivity contribution in [3.05, 3.63) is 0 Å². The van der Waals surface area contributed by atoms with Gasteiger partial charge in [-0.2, -0.15) is 0 Å². The van der Waals surface area contributed by atoms with Gasteiger partial charge in [0.05, 0.1) is 5.45 Å². The molecule has 2 heteroatoms. The van der Waals surface area contributed by atoms with Crippen molar-refractivity contribution in [2.75, 3.05) is 12.0 Å². The van der Waals surface area contributed by atoms with Gasteiger partial charge in [-0.3, -0.25) is 0 Å². The van der Waals surface area contributed by atoms with E-state index in [-0.39, 0.29) is 0 Å². The van der Waals surface area contributed by atoms with Gasteiger partial charge >= 0.3 is 0 Å². The van der Waals surface area contributed by atoms with Gasteiger partial charge < -0.3 is 5.32 Å². The van der Waals surface area contributed by atoms with Crippen LogP contribution in [0.4, 0.5) is 0 Å². The molecule has 1 N–H and O–H groups in total. The van der Waals surface area contributed by atoms with E-state index in [1.807, 2.05) is 0 Å². The van der Waals surface area contributed by atoms with Crippen LogP contribution in [0.25, 0.3) is 0 Å². The van der Waals surface area contributed by atoms with Crippen LogP contribution in [-0.2, 0) is 0 Å². The molecule has 0 spiro atoms. The van der Waals surface area contributed by atoms with Crippen LogP contribution >= 0.6 is 15.9 Å². The molecule has 9 heavy (non-hydrogen) atoms. The lowest BCUT2D eigenvalue weighted by Gasteiger charge is -2.17. The van der Waals surface area contributed by atoms with Crippen molar-refractivity contribution >= 4 is 15.9 Å². The molecule has 0 amide bonds. The Morgan fingerprint density at radius 1 is 1.33 bits per heavy atom. The predicted octanol–water partition coefficient (Wildman–Crippen LogP) is 2.36. The highest BCUT2D eigenvalue weighted by Gasteiger charge is 2.07. The minimum absolute atomic E-state index is 0.467. The number of alkyl halides is 1. The Bertz CT molecular complexity index is 65.8. The fraction of sp³-hybridized carbons (Fsp3) is 1.00. The van der Waals surface area contributed by atoms with E-state index in [9.17, 15) is 0 Å². The summed E-state index contributed by atoms with van der Waals surface area (Å²) in [7, 11) is 0. The number of hydrogen-bond donors (Lipinski definition) is 1. The highest BCUT2D eigenvalue weighted by molar-refractivity contribution is 9.09. The van der Waals surface area contributed by atoms with Crippen molar-refractivity contribution in [1.82, 2.24) is 5.32 Å². The monoisotopic (exact) mass is 193 g/mol. The number of rotatable bonds is 3. The largest absolute Gasteiger partial charge is 0.307 e. The number of halogens is 1. The summed E-state index contributed by atoms with van der Waals surface area (Å²) in [6.07, 6.45) is 1.23. The Hall–Kier alpha value is 0.440. The van der Waals surface area contributed by atoms with E-state index in [4.69, 9.17) is 0 Å². The first-order valence-corrected chi connectivity index (χ1v) is 4.45. The molecule has 0 aliphatic carbocycles. The average Bonchev–Trinajstić information content (AvgIpc) is 1.63. The Labute approximate surface area is 66.3 Å². The minimum Gasteiger partial charge on any atom is -0.307 e. The third-order valence-corrected chi connectivity index (χ3v) is 1.54. The first-order chi connectivity index (χ1) is 4.06. The predicted molar refractivity (Wildman–Crippen MR) is 45.9 cm³/mol. The molecule has 0 aromatic carbocycles. The highest BCUT2D eigenvalue weighted by atomic mass is 79.9. The normalized spacial score (nSPS) is 12.0. The molecule has 0 aromatic heterocycles. The quantitative estimate of drug-likeness (QED) is 0.413. The van der Waals surface area contributed by atoms with Gasteiger partial charge in [-0.15, -0.1) is 0 Å². The summed E-state index contributed by atoms with van der Waals surface area (Å²) in [6, 6.07) is 0. The van der Waals surface area contributed by atoms with Crippen molar-refractivity contribution in [3.63, 3.8) is 0 Å². The summed E-state index contributed by atoms with van der Waals surface area (Å²) < 4.78 is 0. The van der Waals surface area contributed by atoms with Crippen molar-refractivity contribution in [1.29, 1.82) is 0 Å². The van der Waals surface area contributed by atoms with Crippen LogP contribution in [0.3, 0.4) is 0 Å². The molecule has 0 radical (unpaired) electrons. The second-order valence-corrected chi connectivity index (χ2v) is 4.01. The zero-order valence-corrected chi connectivity index (χ0v) is 8.09. The molecule has 0 saturated heterocycles. The first kappa shape index (κ1) is 9.44. The fourth-order valence-electron chi connectivity index (χ4n) is 0.530. The van der Waals surface area contributed by atoms with E-state index in [2.05, 4.69) is 42.0 Å². The van der Waals surface area contributed by atoms with Crippen LogP contribution in [0.1, 0.15) is 27.2 Å². The highest BCUT2D eigenvalue weighted by Crippen LogP contribution is 2.16. The summed E-state index contributed by atoms with van der Waals surface area (Å²) >= 11 is 3.31. The Kier molecular flexibility index (Phi) is 4.50. The van der Waals surface area contributed by atoms with E-state index in [0.717, 1.165) is 12.0 Å². The lowest BCUT2D eigenvalue weighted by Crippen LogP contribution is -2.18. The van der Waals surface area contributed by atoms with E-state index >= 15 is 0 Å². The lowest BCUT2D eigenvalue weighted by molar-refractivity contribution is 0.372. The SMILES string of the molecule is CC(C)(C)CCNCBr. The maximum absolute atomic E-state index is 3.31. The number of nitrogens with one attached hydrogen (secondary N) is 1. The Morgan fingerprint density at radius 3 is 2.22 bits per heavy atom. The van der Waals surface area contributed by atoms with Crippen molar-refractivity contribution < 1.29 is 0 Å². The molecule has 0 rings (SSSR count). The van der Waals surface area contributed by atoms with Gasteiger partial charge in [0.25, 0.3) is 0 Å². The molecule has 0 aliphatic heterocycles. The average molecular weight is 194 g/mol. The molecule has 0 unspecified atom stereocenters. The molecule has 0 bridgehead atoms. The number of hydrogen-bond acceptors (Lipinski definition) is 1. The standard InChI is InChI=1S/C7H16BrN/c1-7(2,3)4-5-9-6-8/h9H,4-6H2,1-3H3.